The van der Waals surface area contributed by atoms with Gasteiger partial charge < -0.3 is 9.84 Å². The fourth-order valence-electron chi connectivity index (χ4n) is 3.51. The van der Waals surface area contributed by atoms with Gasteiger partial charge in [-0.2, -0.15) is 0 Å². The predicted octanol–water partition coefficient (Wildman–Crippen LogP) is 4.34. The van der Waals surface area contributed by atoms with E-state index in [1.807, 2.05) is 30.3 Å². The Bertz CT molecular complexity index is 732. The molecule has 0 aromatic heterocycles. The minimum absolute atomic E-state index is 0.0173. The molecule has 25 heavy (non-hydrogen) atoms. The summed E-state index contributed by atoms with van der Waals surface area (Å²) >= 11 is 3.67. The highest BCUT2D eigenvalue weighted by Crippen LogP contribution is 2.36. The lowest BCUT2D eigenvalue weighted by atomic mass is 9.91. The number of methoxy groups -OCH3 is 1. The summed E-state index contributed by atoms with van der Waals surface area (Å²) in [5.74, 6) is -0.195. The molecule has 5 heteroatoms. The molecule has 2 atom stereocenters. The van der Waals surface area contributed by atoms with E-state index >= 15 is 0 Å². The summed E-state index contributed by atoms with van der Waals surface area (Å²) in [7, 11) is 1.66. The third kappa shape index (κ3) is 4.05. The van der Waals surface area contributed by atoms with E-state index in [1.54, 1.807) is 7.11 Å². The number of likely N-dealkylation sites (tertiary alicyclic amines) is 1. The van der Waals surface area contributed by atoms with Crippen LogP contribution in [0.5, 0.6) is 5.75 Å². The van der Waals surface area contributed by atoms with Crippen LogP contribution < -0.4 is 4.74 Å². The number of ether oxygens (including phenoxy) is 1. The number of carboxylic acid groups (broad SMARTS) is 1. The van der Waals surface area contributed by atoms with Crippen LogP contribution >= 0.6 is 15.9 Å². The smallest absolute Gasteiger partial charge is 0.307 e. The largest absolute Gasteiger partial charge is 0.497 e. The molecule has 0 bridgehead atoms. The molecule has 1 fully saturated rings. The van der Waals surface area contributed by atoms with Crippen LogP contribution in [0.3, 0.4) is 0 Å². The summed E-state index contributed by atoms with van der Waals surface area (Å²) in [6.45, 7) is 1.45. The number of hydrogen-bond donors (Lipinski definition) is 1. The molecule has 0 aliphatic carbocycles. The Balaban J connectivity index is 1.99. The van der Waals surface area contributed by atoms with Crippen LogP contribution in [-0.2, 0) is 4.79 Å². The Kier molecular flexibility index (Phi) is 5.76. The van der Waals surface area contributed by atoms with Crippen molar-refractivity contribution in [1.29, 1.82) is 0 Å². The molecule has 0 amide bonds. The topological polar surface area (TPSA) is 49.8 Å². The average Bonchev–Trinajstić information content (AvgIpc) is 2.64. The van der Waals surface area contributed by atoms with Crippen molar-refractivity contribution >= 4 is 21.9 Å². The fraction of sp³-hybridized carbons (Fsp3) is 0.350. The Morgan fingerprint density at radius 3 is 2.60 bits per heavy atom. The molecule has 1 aliphatic rings. The van der Waals surface area contributed by atoms with Crippen LogP contribution in [-0.4, -0.2) is 36.2 Å². The fourth-order valence-corrected chi connectivity index (χ4v) is 4.01. The second-order valence-corrected chi connectivity index (χ2v) is 7.22. The second kappa shape index (κ2) is 8.02. The summed E-state index contributed by atoms with van der Waals surface area (Å²) in [6, 6.07) is 16.2. The minimum Gasteiger partial charge on any atom is -0.497 e. The quantitative estimate of drug-likeness (QED) is 0.806. The van der Waals surface area contributed by atoms with Crippen molar-refractivity contribution in [3.63, 3.8) is 0 Å². The average molecular weight is 404 g/mol. The maximum Gasteiger partial charge on any atom is 0.307 e. The van der Waals surface area contributed by atoms with Crippen molar-refractivity contribution in [3.8, 4) is 5.75 Å². The lowest BCUT2D eigenvalue weighted by Crippen LogP contribution is -2.41. The van der Waals surface area contributed by atoms with Crippen molar-refractivity contribution in [2.24, 2.45) is 5.92 Å². The maximum absolute atomic E-state index is 11.5. The third-order valence-corrected chi connectivity index (χ3v) is 5.52. The van der Waals surface area contributed by atoms with Crippen molar-refractivity contribution in [2.75, 3.05) is 20.2 Å². The van der Waals surface area contributed by atoms with Gasteiger partial charge in [-0.25, -0.2) is 0 Å². The molecule has 0 radical (unpaired) electrons. The van der Waals surface area contributed by atoms with Crippen LogP contribution in [0.1, 0.15) is 30.0 Å². The zero-order chi connectivity index (χ0) is 17.8. The van der Waals surface area contributed by atoms with E-state index in [4.69, 9.17) is 4.74 Å². The normalized spacial score (nSPS) is 19.4. The molecule has 132 valence electrons. The third-order valence-electron chi connectivity index (χ3n) is 4.80. The number of hydrogen-bond acceptors (Lipinski definition) is 3. The second-order valence-electron chi connectivity index (χ2n) is 6.37. The number of piperidine rings is 1. The number of rotatable bonds is 5. The molecular formula is C20H22BrNO3. The molecule has 2 aromatic rings. The van der Waals surface area contributed by atoms with Gasteiger partial charge in [0.25, 0.3) is 0 Å². The zero-order valence-electron chi connectivity index (χ0n) is 14.2. The summed E-state index contributed by atoms with van der Waals surface area (Å²) in [5.41, 5.74) is 2.29. The number of carboxylic acids is 1. The first kappa shape index (κ1) is 18.0. The molecule has 1 N–H and O–H groups in total. The first-order chi connectivity index (χ1) is 12.1. The molecule has 1 saturated heterocycles. The van der Waals surface area contributed by atoms with Crippen molar-refractivity contribution in [1.82, 2.24) is 4.90 Å². The van der Waals surface area contributed by atoms with E-state index in [2.05, 4.69) is 39.0 Å². The van der Waals surface area contributed by atoms with Crippen molar-refractivity contribution in [3.05, 3.63) is 64.1 Å². The standard InChI is InChI=1S/C20H22BrNO3/c1-25-16-10-8-14(9-11-16)19(17-6-2-3-7-18(17)21)22-12-4-5-15(13-22)20(23)24/h2-3,6-11,15,19H,4-5,12-13H2,1H3,(H,23,24). The lowest BCUT2D eigenvalue weighted by molar-refractivity contribution is -0.143. The Labute approximate surface area is 156 Å². The lowest BCUT2D eigenvalue weighted by Gasteiger charge is -2.38. The van der Waals surface area contributed by atoms with Crippen molar-refractivity contribution < 1.29 is 14.6 Å². The van der Waals surface area contributed by atoms with Gasteiger partial charge in [0.1, 0.15) is 5.75 Å². The molecule has 2 aromatic carbocycles. The van der Waals surface area contributed by atoms with Gasteiger partial charge >= 0.3 is 5.97 Å². The van der Waals surface area contributed by atoms with Gasteiger partial charge in [0.05, 0.1) is 19.1 Å². The number of benzene rings is 2. The highest BCUT2D eigenvalue weighted by molar-refractivity contribution is 9.10. The SMILES string of the molecule is COc1ccc(C(c2ccccc2Br)N2CCCC(C(=O)O)C2)cc1. The van der Waals surface area contributed by atoms with Gasteiger partial charge in [-0.05, 0) is 48.7 Å². The molecule has 4 nitrogen and oxygen atoms in total. The predicted molar refractivity (Wildman–Crippen MR) is 101 cm³/mol. The molecule has 0 saturated carbocycles. The minimum atomic E-state index is -0.703. The van der Waals surface area contributed by atoms with Gasteiger partial charge in [-0.1, -0.05) is 46.3 Å². The molecule has 1 aliphatic heterocycles. The molecule has 2 unspecified atom stereocenters. The maximum atomic E-state index is 11.5. The monoisotopic (exact) mass is 403 g/mol. The molecule has 0 spiro atoms. The summed E-state index contributed by atoms with van der Waals surface area (Å²) in [4.78, 5) is 13.8. The van der Waals surface area contributed by atoms with Crippen LogP contribution in [0.2, 0.25) is 0 Å². The summed E-state index contributed by atoms with van der Waals surface area (Å²) in [6.07, 6.45) is 1.64. The zero-order valence-corrected chi connectivity index (χ0v) is 15.8. The van der Waals surface area contributed by atoms with Crippen LogP contribution in [0.4, 0.5) is 0 Å². The van der Waals surface area contributed by atoms with Crippen LogP contribution in [0.15, 0.2) is 53.0 Å². The van der Waals surface area contributed by atoms with Crippen LogP contribution in [0.25, 0.3) is 0 Å². The Morgan fingerprint density at radius 2 is 1.96 bits per heavy atom. The van der Waals surface area contributed by atoms with E-state index in [0.29, 0.717) is 6.54 Å². The number of carbonyl (C=O) groups is 1. The Hall–Kier alpha value is -1.85. The number of nitrogens with zero attached hydrogens (tertiary/aromatic N) is 1. The molecular weight excluding hydrogens is 382 g/mol. The van der Waals surface area contributed by atoms with Crippen LogP contribution in [0, 0.1) is 5.92 Å². The van der Waals surface area contributed by atoms with Crippen molar-refractivity contribution in [2.45, 2.75) is 18.9 Å². The number of aliphatic carboxylic acids is 1. The number of halogens is 1. The first-order valence-electron chi connectivity index (χ1n) is 8.45. The summed E-state index contributed by atoms with van der Waals surface area (Å²) < 4.78 is 6.31. The molecule has 1 heterocycles. The van der Waals surface area contributed by atoms with E-state index in [0.717, 1.165) is 40.7 Å². The summed E-state index contributed by atoms with van der Waals surface area (Å²) in [5, 5.41) is 9.45. The van der Waals surface area contributed by atoms with E-state index in [1.165, 1.54) is 0 Å². The van der Waals surface area contributed by atoms with Gasteiger partial charge in [0, 0.05) is 11.0 Å². The Morgan fingerprint density at radius 1 is 1.24 bits per heavy atom. The van der Waals surface area contributed by atoms with E-state index in [-0.39, 0.29) is 12.0 Å². The highest BCUT2D eigenvalue weighted by Gasteiger charge is 2.32. The van der Waals surface area contributed by atoms with E-state index < -0.39 is 5.97 Å². The highest BCUT2D eigenvalue weighted by atomic mass is 79.9. The van der Waals surface area contributed by atoms with Gasteiger partial charge in [-0.3, -0.25) is 9.69 Å². The first-order valence-corrected chi connectivity index (χ1v) is 9.24. The molecule has 3 rings (SSSR count). The van der Waals surface area contributed by atoms with Gasteiger partial charge in [0.15, 0.2) is 0 Å². The van der Waals surface area contributed by atoms with Gasteiger partial charge in [-0.15, -0.1) is 0 Å². The van der Waals surface area contributed by atoms with E-state index in [9.17, 15) is 9.90 Å². The van der Waals surface area contributed by atoms with Gasteiger partial charge in [0.2, 0.25) is 0 Å².